The third kappa shape index (κ3) is 5.50. The van der Waals surface area contributed by atoms with E-state index < -0.39 is 5.91 Å². The Bertz CT molecular complexity index is 728. The molecule has 3 N–H and O–H groups in total. The van der Waals surface area contributed by atoms with Gasteiger partial charge in [-0.25, -0.2) is 0 Å². The molecule has 6 nitrogen and oxygen atoms in total. The van der Waals surface area contributed by atoms with Crippen LogP contribution in [0.2, 0.25) is 0 Å². The van der Waals surface area contributed by atoms with Crippen LogP contribution in [-0.4, -0.2) is 37.6 Å². The molecule has 29 heavy (non-hydrogen) atoms. The van der Waals surface area contributed by atoms with E-state index in [4.69, 9.17) is 10.5 Å². The van der Waals surface area contributed by atoms with Crippen molar-refractivity contribution in [2.24, 2.45) is 23.5 Å². The van der Waals surface area contributed by atoms with E-state index in [9.17, 15) is 9.59 Å². The van der Waals surface area contributed by atoms with Gasteiger partial charge in [0.1, 0.15) is 6.61 Å². The minimum Gasteiger partial charge on any atom is -0.370 e. The van der Waals surface area contributed by atoms with Crippen LogP contribution in [0.15, 0.2) is 18.2 Å². The summed E-state index contributed by atoms with van der Waals surface area (Å²) >= 11 is 0. The molecule has 1 saturated heterocycles. The maximum absolute atomic E-state index is 12.7. The van der Waals surface area contributed by atoms with E-state index in [1.165, 1.54) is 6.42 Å². The van der Waals surface area contributed by atoms with Crippen LogP contribution in [0.5, 0.6) is 0 Å². The Morgan fingerprint density at radius 1 is 1.24 bits per heavy atom. The van der Waals surface area contributed by atoms with E-state index in [-0.39, 0.29) is 18.6 Å². The lowest BCUT2D eigenvalue weighted by Gasteiger charge is -2.37. The molecule has 3 rings (SSSR count). The number of anilines is 2. The van der Waals surface area contributed by atoms with Gasteiger partial charge in [0.15, 0.2) is 0 Å². The van der Waals surface area contributed by atoms with Crippen LogP contribution >= 0.6 is 0 Å². The summed E-state index contributed by atoms with van der Waals surface area (Å²) in [6, 6.07) is 5.27. The van der Waals surface area contributed by atoms with Crippen LogP contribution in [0, 0.1) is 17.8 Å². The number of ether oxygens (including phenoxy) is 1. The molecule has 1 aromatic carbocycles. The van der Waals surface area contributed by atoms with Crippen molar-refractivity contribution in [3.05, 3.63) is 23.8 Å². The van der Waals surface area contributed by atoms with Crippen LogP contribution in [0.1, 0.15) is 63.2 Å². The summed E-state index contributed by atoms with van der Waals surface area (Å²) in [4.78, 5) is 26.5. The van der Waals surface area contributed by atoms with Crippen LogP contribution in [0.4, 0.5) is 11.4 Å². The van der Waals surface area contributed by atoms with Crippen molar-refractivity contribution < 1.29 is 14.3 Å². The summed E-state index contributed by atoms with van der Waals surface area (Å²) in [6.07, 6.45) is 5.78. The lowest BCUT2D eigenvalue weighted by Crippen LogP contribution is -2.36. The van der Waals surface area contributed by atoms with E-state index >= 15 is 0 Å². The highest BCUT2D eigenvalue weighted by molar-refractivity contribution is 5.99. The highest BCUT2D eigenvalue weighted by atomic mass is 16.5. The van der Waals surface area contributed by atoms with E-state index in [0.717, 1.165) is 44.5 Å². The molecule has 1 aliphatic heterocycles. The number of benzene rings is 1. The lowest BCUT2D eigenvalue weighted by atomic mass is 9.75. The van der Waals surface area contributed by atoms with Gasteiger partial charge in [-0.3, -0.25) is 9.59 Å². The molecule has 0 spiro atoms. The number of hydrogen-bond donors (Lipinski definition) is 2. The second kappa shape index (κ2) is 9.61. The largest absolute Gasteiger partial charge is 0.370 e. The van der Waals surface area contributed by atoms with Crippen LogP contribution in [0.25, 0.3) is 0 Å². The maximum atomic E-state index is 12.7. The number of rotatable bonds is 7. The highest BCUT2D eigenvalue weighted by Gasteiger charge is 2.31. The molecule has 0 radical (unpaired) electrons. The Balaban J connectivity index is 1.67. The Morgan fingerprint density at radius 2 is 1.97 bits per heavy atom. The maximum Gasteiger partial charge on any atom is 0.250 e. The SMILES string of the molecule is CC(C)[C@H]1CC[C@@H](C)C[C@@H]1OCC(=O)Nc1cc(C(N)=O)ccc1N1CCCC1. The first-order valence-electron chi connectivity index (χ1n) is 11.0. The first kappa shape index (κ1) is 21.6. The van der Waals surface area contributed by atoms with Crippen molar-refractivity contribution >= 4 is 23.2 Å². The Hall–Kier alpha value is -2.08. The van der Waals surface area contributed by atoms with Gasteiger partial charge < -0.3 is 20.7 Å². The minimum absolute atomic E-state index is 0.0286. The molecule has 0 unspecified atom stereocenters. The van der Waals surface area contributed by atoms with Crippen molar-refractivity contribution in [1.29, 1.82) is 0 Å². The summed E-state index contributed by atoms with van der Waals surface area (Å²) < 4.78 is 6.09. The van der Waals surface area contributed by atoms with Gasteiger partial charge in [-0.05, 0) is 61.6 Å². The van der Waals surface area contributed by atoms with E-state index in [1.807, 2.05) is 6.07 Å². The molecule has 1 aliphatic carbocycles. The lowest BCUT2D eigenvalue weighted by molar-refractivity contribution is -0.126. The summed E-state index contributed by atoms with van der Waals surface area (Å²) in [6.45, 7) is 8.64. The third-order valence-electron chi connectivity index (χ3n) is 6.39. The highest BCUT2D eigenvalue weighted by Crippen LogP contribution is 2.35. The van der Waals surface area contributed by atoms with Crippen molar-refractivity contribution in [2.75, 3.05) is 29.9 Å². The second-order valence-electron chi connectivity index (χ2n) is 9.01. The van der Waals surface area contributed by atoms with Gasteiger partial charge in [-0.15, -0.1) is 0 Å². The zero-order chi connectivity index (χ0) is 21.0. The summed E-state index contributed by atoms with van der Waals surface area (Å²) in [5.41, 5.74) is 7.40. The molecule has 1 aromatic rings. The number of nitrogens with one attached hydrogen (secondary N) is 1. The van der Waals surface area contributed by atoms with Crippen molar-refractivity contribution in [3.63, 3.8) is 0 Å². The molecule has 0 bridgehead atoms. The Labute approximate surface area is 174 Å². The molecule has 6 heteroatoms. The summed E-state index contributed by atoms with van der Waals surface area (Å²) in [7, 11) is 0. The van der Waals surface area contributed by atoms with E-state index in [1.54, 1.807) is 12.1 Å². The zero-order valence-corrected chi connectivity index (χ0v) is 17.9. The van der Waals surface area contributed by atoms with Crippen molar-refractivity contribution in [1.82, 2.24) is 0 Å². The number of hydrogen-bond acceptors (Lipinski definition) is 4. The number of primary amides is 1. The van der Waals surface area contributed by atoms with Gasteiger partial charge in [0.2, 0.25) is 11.8 Å². The molecule has 3 atom stereocenters. The quantitative estimate of drug-likeness (QED) is 0.728. The van der Waals surface area contributed by atoms with Gasteiger partial charge in [0.05, 0.1) is 17.5 Å². The Morgan fingerprint density at radius 3 is 2.62 bits per heavy atom. The molecular weight excluding hydrogens is 366 g/mol. The number of carbonyl (C=O) groups excluding carboxylic acids is 2. The average Bonchev–Trinajstić information content (AvgIpc) is 3.20. The third-order valence-corrected chi connectivity index (χ3v) is 6.39. The number of amides is 2. The molecule has 2 fully saturated rings. The van der Waals surface area contributed by atoms with Gasteiger partial charge in [0.25, 0.3) is 0 Å². The van der Waals surface area contributed by atoms with E-state index in [2.05, 4.69) is 31.0 Å². The first-order chi connectivity index (χ1) is 13.8. The van der Waals surface area contributed by atoms with Gasteiger partial charge in [-0.2, -0.15) is 0 Å². The monoisotopic (exact) mass is 401 g/mol. The molecule has 1 saturated carbocycles. The fourth-order valence-corrected chi connectivity index (χ4v) is 4.70. The van der Waals surface area contributed by atoms with Crippen molar-refractivity contribution in [3.8, 4) is 0 Å². The number of nitrogens with zero attached hydrogens (tertiary/aromatic N) is 1. The number of nitrogens with two attached hydrogens (primary N) is 1. The zero-order valence-electron chi connectivity index (χ0n) is 17.9. The fraction of sp³-hybridized carbons (Fsp3) is 0.652. The van der Waals surface area contributed by atoms with Gasteiger partial charge in [0, 0.05) is 18.7 Å². The van der Waals surface area contributed by atoms with Gasteiger partial charge >= 0.3 is 0 Å². The molecule has 2 aliphatic rings. The molecule has 1 heterocycles. The summed E-state index contributed by atoms with van der Waals surface area (Å²) in [5, 5.41) is 2.96. The fourth-order valence-electron chi connectivity index (χ4n) is 4.70. The molecule has 160 valence electrons. The average molecular weight is 402 g/mol. The first-order valence-corrected chi connectivity index (χ1v) is 11.0. The molecular formula is C23H35N3O3. The summed E-state index contributed by atoms with van der Waals surface area (Å²) in [5.74, 6) is 0.988. The molecule has 0 aromatic heterocycles. The van der Waals surface area contributed by atoms with Crippen LogP contribution in [0.3, 0.4) is 0 Å². The number of carbonyl (C=O) groups is 2. The topological polar surface area (TPSA) is 84.7 Å². The molecule has 2 amide bonds. The minimum atomic E-state index is -0.499. The predicted octanol–water partition coefficient (Wildman–Crippen LogP) is 3.80. The Kier molecular flexibility index (Phi) is 7.17. The van der Waals surface area contributed by atoms with Crippen molar-refractivity contribution in [2.45, 2.75) is 59.0 Å². The van der Waals surface area contributed by atoms with E-state index in [0.29, 0.717) is 29.0 Å². The van der Waals surface area contributed by atoms with Crippen LogP contribution in [-0.2, 0) is 9.53 Å². The standard InChI is InChI=1S/C23H35N3O3/c1-15(2)18-8-6-16(3)12-21(18)29-14-22(27)25-19-13-17(23(24)28)7-9-20(19)26-10-4-5-11-26/h7,9,13,15-16,18,21H,4-6,8,10-12,14H2,1-3H3,(H2,24,28)(H,25,27)/t16-,18-,21+/m1/s1. The van der Waals surface area contributed by atoms with Gasteiger partial charge in [-0.1, -0.05) is 27.2 Å². The van der Waals surface area contributed by atoms with Crippen LogP contribution < -0.4 is 16.0 Å². The second-order valence-corrected chi connectivity index (χ2v) is 9.01. The smallest absolute Gasteiger partial charge is 0.250 e. The predicted molar refractivity (Wildman–Crippen MR) is 116 cm³/mol. The normalized spacial score (nSPS) is 24.7.